The molecule has 4 N–H and O–H groups in total. The van der Waals surface area contributed by atoms with Crippen molar-refractivity contribution in [2.24, 2.45) is 10.9 Å². The molecular formula is C13H15N3O. The van der Waals surface area contributed by atoms with E-state index in [2.05, 4.69) is 34.7 Å². The molecule has 2 rings (SSSR count). The van der Waals surface area contributed by atoms with Crippen molar-refractivity contribution in [3.63, 3.8) is 0 Å². The summed E-state index contributed by atoms with van der Waals surface area (Å²) in [7, 11) is 0. The van der Waals surface area contributed by atoms with E-state index >= 15 is 0 Å². The number of nitrogens with two attached hydrogens (primary N) is 1. The second kappa shape index (κ2) is 5.32. The number of fused-ring (bicyclic) bond motifs is 1. The first-order chi connectivity index (χ1) is 8.31. The Balaban J connectivity index is 2.13. The van der Waals surface area contributed by atoms with E-state index in [0.29, 0.717) is 13.1 Å². The molecular weight excluding hydrogens is 214 g/mol. The summed E-state index contributed by atoms with van der Waals surface area (Å²) < 4.78 is 0. The fraction of sp³-hybridized carbons (Fsp3) is 0.154. The average Bonchev–Trinajstić information content (AvgIpc) is 2.39. The monoisotopic (exact) mass is 229 g/mol. The van der Waals surface area contributed by atoms with Crippen LogP contribution >= 0.6 is 0 Å². The van der Waals surface area contributed by atoms with Crippen molar-refractivity contribution >= 4 is 16.6 Å². The maximum Gasteiger partial charge on any atom is 0.153 e. The predicted octanol–water partition coefficient (Wildman–Crippen LogP) is 1.68. The Hall–Kier alpha value is -2.07. The van der Waals surface area contributed by atoms with E-state index in [1.165, 1.54) is 16.3 Å². The van der Waals surface area contributed by atoms with E-state index in [1.807, 2.05) is 18.2 Å². The first kappa shape index (κ1) is 11.4. The van der Waals surface area contributed by atoms with Crippen LogP contribution in [0, 0.1) is 0 Å². The minimum atomic E-state index is 0.185. The lowest BCUT2D eigenvalue weighted by Crippen LogP contribution is -2.28. The van der Waals surface area contributed by atoms with Gasteiger partial charge in [0.15, 0.2) is 5.84 Å². The lowest BCUT2D eigenvalue weighted by atomic mass is 10.0. The minimum Gasteiger partial charge on any atom is -0.409 e. The smallest absolute Gasteiger partial charge is 0.153 e. The molecule has 0 saturated heterocycles. The number of nitrogens with one attached hydrogen (secondary N) is 1. The SMILES string of the molecule is NC(CNCc1cccc2ccccc12)=NO. The molecule has 0 unspecified atom stereocenters. The molecule has 0 spiro atoms. The maximum atomic E-state index is 8.43. The zero-order valence-electron chi connectivity index (χ0n) is 9.43. The normalized spacial score (nSPS) is 11.9. The Morgan fingerprint density at radius 2 is 1.94 bits per heavy atom. The third-order valence-corrected chi connectivity index (χ3v) is 2.63. The second-order valence-electron chi connectivity index (χ2n) is 3.83. The molecule has 4 heteroatoms. The number of nitrogens with zero attached hydrogens (tertiary/aromatic N) is 1. The van der Waals surface area contributed by atoms with E-state index in [9.17, 15) is 0 Å². The number of benzene rings is 2. The van der Waals surface area contributed by atoms with Gasteiger partial charge in [-0.15, -0.1) is 0 Å². The molecule has 88 valence electrons. The van der Waals surface area contributed by atoms with Crippen LogP contribution < -0.4 is 11.1 Å². The summed E-state index contributed by atoms with van der Waals surface area (Å²) >= 11 is 0. The van der Waals surface area contributed by atoms with Gasteiger partial charge in [-0.1, -0.05) is 47.6 Å². The van der Waals surface area contributed by atoms with E-state index in [1.54, 1.807) is 0 Å². The minimum absolute atomic E-state index is 0.185. The van der Waals surface area contributed by atoms with E-state index < -0.39 is 0 Å². The van der Waals surface area contributed by atoms with Crippen molar-refractivity contribution in [1.29, 1.82) is 0 Å². The van der Waals surface area contributed by atoms with Crippen LogP contribution in [0.15, 0.2) is 47.6 Å². The van der Waals surface area contributed by atoms with Crippen LogP contribution in [-0.2, 0) is 6.54 Å². The molecule has 0 aliphatic carbocycles. The van der Waals surface area contributed by atoms with Crippen molar-refractivity contribution in [2.75, 3.05) is 6.54 Å². The van der Waals surface area contributed by atoms with Crippen LogP contribution in [0.2, 0.25) is 0 Å². The summed E-state index contributed by atoms with van der Waals surface area (Å²) in [5.74, 6) is 0.185. The molecule has 0 atom stereocenters. The van der Waals surface area contributed by atoms with Gasteiger partial charge >= 0.3 is 0 Å². The molecule has 2 aromatic rings. The first-order valence-electron chi connectivity index (χ1n) is 5.45. The lowest BCUT2D eigenvalue weighted by molar-refractivity contribution is 0.317. The van der Waals surface area contributed by atoms with Gasteiger partial charge < -0.3 is 16.3 Å². The highest BCUT2D eigenvalue weighted by atomic mass is 16.4. The van der Waals surface area contributed by atoms with Crippen molar-refractivity contribution in [3.8, 4) is 0 Å². The van der Waals surface area contributed by atoms with Crippen molar-refractivity contribution in [1.82, 2.24) is 5.32 Å². The molecule has 0 amide bonds. The second-order valence-corrected chi connectivity index (χ2v) is 3.83. The molecule has 0 saturated carbocycles. The summed E-state index contributed by atoms with van der Waals surface area (Å²) in [4.78, 5) is 0. The van der Waals surface area contributed by atoms with Crippen LogP contribution in [0.3, 0.4) is 0 Å². The molecule has 0 fully saturated rings. The molecule has 4 nitrogen and oxygen atoms in total. The Bertz CT molecular complexity index is 532. The molecule has 0 radical (unpaired) electrons. The summed E-state index contributed by atoms with van der Waals surface area (Å²) in [5, 5.41) is 16.9. The molecule has 0 aliphatic rings. The Morgan fingerprint density at radius 3 is 2.76 bits per heavy atom. The van der Waals surface area contributed by atoms with E-state index in [-0.39, 0.29) is 5.84 Å². The molecule has 2 aromatic carbocycles. The molecule has 0 heterocycles. The van der Waals surface area contributed by atoms with Gasteiger partial charge in [0, 0.05) is 6.54 Å². The van der Waals surface area contributed by atoms with Crippen LogP contribution in [0.4, 0.5) is 0 Å². The fourth-order valence-corrected chi connectivity index (χ4v) is 1.81. The van der Waals surface area contributed by atoms with Crippen LogP contribution in [0.5, 0.6) is 0 Å². The third-order valence-electron chi connectivity index (χ3n) is 2.63. The quantitative estimate of drug-likeness (QED) is 0.323. The van der Waals surface area contributed by atoms with Crippen LogP contribution in [0.25, 0.3) is 10.8 Å². The molecule has 0 bridgehead atoms. The highest BCUT2D eigenvalue weighted by Gasteiger charge is 2.00. The van der Waals surface area contributed by atoms with Gasteiger partial charge in [0.25, 0.3) is 0 Å². The van der Waals surface area contributed by atoms with E-state index in [4.69, 9.17) is 10.9 Å². The summed E-state index contributed by atoms with van der Waals surface area (Å²) in [6, 6.07) is 14.4. The lowest BCUT2D eigenvalue weighted by Gasteiger charge is -2.07. The first-order valence-corrected chi connectivity index (χ1v) is 5.45. The molecule has 0 aromatic heterocycles. The van der Waals surface area contributed by atoms with Crippen LogP contribution in [-0.4, -0.2) is 17.6 Å². The standard InChI is InChI=1S/C13H15N3O/c14-13(16-17)9-15-8-11-6-3-5-10-4-1-2-7-12(10)11/h1-7,15,17H,8-9H2,(H2,14,16). The number of amidine groups is 1. The molecule has 0 aliphatic heterocycles. The third kappa shape index (κ3) is 2.73. The topological polar surface area (TPSA) is 70.6 Å². The number of hydrogen-bond donors (Lipinski definition) is 3. The summed E-state index contributed by atoms with van der Waals surface area (Å²) in [6.45, 7) is 1.07. The summed E-state index contributed by atoms with van der Waals surface area (Å²) in [5.41, 5.74) is 6.59. The van der Waals surface area contributed by atoms with Gasteiger partial charge in [0.2, 0.25) is 0 Å². The zero-order chi connectivity index (χ0) is 12.1. The predicted molar refractivity (Wildman–Crippen MR) is 69.1 cm³/mol. The van der Waals surface area contributed by atoms with E-state index in [0.717, 1.165) is 0 Å². The number of hydrogen-bond acceptors (Lipinski definition) is 3. The van der Waals surface area contributed by atoms with Gasteiger partial charge in [-0.25, -0.2) is 0 Å². The highest BCUT2D eigenvalue weighted by Crippen LogP contribution is 2.17. The zero-order valence-corrected chi connectivity index (χ0v) is 9.43. The van der Waals surface area contributed by atoms with Crippen molar-refractivity contribution < 1.29 is 5.21 Å². The Labute approximate surface area is 99.7 Å². The largest absolute Gasteiger partial charge is 0.409 e. The maximum absolute atomic E-state index is 8.43. The van der Waals surface area contributed by atoms with Gasteiger partial charge in [-0.05, 0) is 16.3 Å². The number of rotatable bonds is 4. The van der Waals surface area contributed by atoms with Crippen LogP contribution in [0.1, 0.15) is 5.56 Å². The fourth-order valence-electron chi connectivity index (χ4n) is 1.81. The highest BCUT2D eigenvalue weighted by molar-refractivity contribution is 5.85. The Kier molecular flexibility index (Phi) is 3.57. The molecule has 17 heavy (non-hydrogen) atoms. The Morgan fingerprint density at radius 1 is 1.18 bits per heavy atom. The average molecular weight is 229 g/mol. The van der Waals surface area contributed by atoms with Crippen molar-refractivity contribution in [3.05, 3.63) is 48.0 Å². The summed E-state index contributed by atoms with van der Waals surface area (Å²) in [6.07, 6.45) is 0. The number of oxime groups is 1. The van der Waals surface area contributed by atoms with Crippen molar-refractivity contribution in [2.45, 2.75) is 6.54 Å². The van der Waals surface area contributed by atoms with Gasteiger partial charge in [-0.2, -0.15) is 0 Å². The van der Waals surface area contributed by atoms with Gasteiger partial charge in [0.1, 0.15) is 0 Å². The van der Waals surface area contributed by atoms with Gasteiger partial charge in [0.05, 0.1) is 6.54 Å². The van der Waals surface area contributed by atoms with Gasteiger partial charge in [-0.3, -0.25) is 0 Å².